The molecule has 1 aliphatic heterocycles. The van der Waals surface area contributed by atoms with Gasteiger partial charge in [-0.2, -0.15) is 0 Å². The lowest BCUT2D eigenvalue weighted by molar-refractivity contribution is 0.234. The van der Waals surface area contributed by atoms with Gasteiger partial charge in [0.1, 0.15) is 0 Å². The van der Waals surface area contributed by atoms with Gasteiger partial charge >= 0.3 is 0 Å². The van der Waals surface area contributed by atoms with Gasteiger partial charge in [-0.15, -0.1) is 0 Å². The van der Waals surface area contributed by atoms with E-state index in [0.717, 1.165) is 6.42 Å². The molecular formula is C10H21NO3S. The first-order valence-corrected chi connectivity index (χ1v) is 7.19. The summed E-state index contributed by atoms with van der Waals surface area (Å²) in [4.78, 5) is 0. The van der Waals surface area contributed by atoms with Crippen molar-refractivity contribution < 1.29 is 13.5 Å². The number of sulfonamides is 1. The van der Waals surface area contributed by atoms with Gasteiger partial charge in [0.05, 0.1) is 5.75 Å². The van der Waals surface area contributed by atoms with Gasteiger partial charge in [-0.3, -0.25) is 0 Å². The highest BCUT2D eigenvalue weighted by Gasteiger charge is 2.34. The number of hydrogen-bond donors (Lipinski definition) is 1. The third kappa shape index (κ3) is 3.43. The van der Waals surface area contributed by atoms with Gasteiger partial charge in [0, 0.05) is 19.7 Å². The minimum Gasteiger partial charge on any atom is -0.396 e. The number of hydrogen-bond acceptors (Lipinski definition) is 3. The Kier molecular flexibility index (Phi) is 4.55. The molecule has 0 aromatic rings. The van der Waals surface area contributed by atoms with E-state index in [2.05, 4.69) is 0 Å². The molecule has 0 spiro atoms. The Hall–Kier alpha value is -0.130. The first-order valence-electron chi connectivity index (χ1n) is 5.58. The standard InChI is InChI=1S/C10H21NO3S/c1-3-10(4-5-12)7-11-6-9(2)8-15(11,13)14/h9-10,12H,3-8H2,1-2H3. The molecule has 1 rings (SSSR count). The maximum absolute atomic E-state index is 11.7. The summed E-state index contributed by atoms with van der Waals surface area (Å²) in [5.41, 5.74) is 0. The maximum atomic E-state index is 11.7. The molecule has 1 N–H and O–H groups in total. The molecule has 0 amide bonds. The monoisotopic (exact) mass is 235 g/mol. The summed E-state index contributed by atoms with van der Waals surface area (Å²) in [5, 5.41) is 8.86. The highest BCUT2D eigenvalue weighted by atomic mass is 32.2. The molecule has 0 aliphatic carbocycles. The van der Waals surface area contributed by atoms with Gasteiger partial charge in [-0.1, -0.05) is 20.3 Å². The van der Waals surface area contributed by atoms with Crippen LogP contribution in [0.4, 0.5) is 0 Å². The molecule has 0 saturated carbocycles. The lowest BCUT2D eigenvalue weighted by atomic mass is 10.0. The molecule has 2 atom stereocenters. The van der Waals surface area contributed by atoms with Crippen LogP contribution in [0.5, 0.6) is 0 Å². The van der Waals surface area contributed by atoms with E-state index in [0.29, 0.717) is 19.5 Å². The van der Waals surface area contributed by atoms with E-state index in [1.807, 2.05) is 13.8 Å². The zero-order chi connectivity index (χ0) is 11.5. The van der Waals surface area contributed by atoms with Crippen LogP contribution < -0.4 is 0 Å². The largest absolute Gasteiger partial charge is 0.396 e. The molecule has 90 valence electrons. The highest BCUT2D eigenvalue weighted by Crippen LogP contribution is 2.22. The zero-order valence-electron chi connectivity index (χ0n) is 9.52. The number of rotatable bonds is 5. The van der Waals surface area contributed by atoms with Crippen LogP contribution in [0.3, 0.4) is 0 Å². The van der Waals surface area contributed by atoms with Gasteiger partial charge in [0.15, 0.2) is 0 Å². The fourth-order valence-electron chi connectivity index (χ4n) is 2.06. The predicted octanol–water partition coefficient (Wildman–Crippen LogP) is 0.676. The van der Waals surface area contributed by atoms with Crippen molar-refractivity contribution in [3.8, 4) is 0 Å². The summed E-state index contributed by atoms with van der Waals surface area (Å²) < 4.78 is 25.0. The van der Waals surface area contributed by atoms with E-state index in [1.165, 1.54) is 0 Å². The van der Waals surface area contributed by atoms with Crippen LogP contribution in [0.25, 0.3) is 0 Å². The van der Waals surface area contributed by atoms with Crippen LogP contribution >= 0.6 is 0 Å². The maximum Gasteiger partial charge on any atom is 0.214 e. The molecule has 5 heteroatoms. The fraction of sp³-hybridized carbons (Fsp3) is 1.00. The molecule has 0 radical (unpaired) electrons. The first kappa shape index (κ1) is 12.9. The average molecular weight is 235 g/mol. The van der Waals surface area contributed by atoms with Crippen LogP contribution in [0, 0.1) is 11.8 Å². The minimum absolute atomic E-state index is 0.141. The van der Waals surface area contributed by atoms with Crippen molar-refractivity contribution in [3.63, 3.8) is 0 Å². The van der Waals surface area contributed by atoms with Crippen molar-refractivity contribution in [1.29, 1.82) is 0 Å². The Labute approximate surface area is 92.3 Å². The summed E-state index contributed by atoms with van der Waals surface area (Å²) in [5.74, 6) is 0.805. The van der Waals surface area contributed by atoms with Crippen molar-refractivity contribution in [2.75, 3.05) is 25.4 Å². The van der Waals surface area contributed by atoms with E-state index >= 15 is 0 Å². The van der Waals surface area contributed by atoms with E-state index in [1.54, 1.807) is 4.31 Å². The average Bonchev–Trinajstić information content (AvgIpc) is 2.38. The summed E-state index contributed by atoms with van der Waals surface area (Å²) in [7, 11) is -3.01. The van der Waals surface area contributed by atoms with Gasteiger partial charge in [0.25, 0.3) is 0 Å². The second-order valence-electron chi connectivity index (χ2n) is 4.49. The molecule has 15 heavy (non-hydrogen) atoms. The second kappa shape index (κ2) is 5.27. The predicted molar refractivity (Wildman–Crippen MR) is 60.0 cm³/mol. The quantitative estimate of drug-likeness (QED) is 0.762. The van der Waals surface area contributed by atoms with E-state index in [4.69, 9.17) is 5.11 Å². The molecule has 0 bridgehead atoms. The van der Waals surface area contributed by atoms with Crippen LogP contribution in [-0.2, 0) is 10.0 Å². The molecule has 1 aliphatic rings. The van der Waals surface area contributed by atoms with E-state index < -0.39 is 10.0 Å². The highest BCUT2D eigenvalue weighted by molar-refractivity contribution is 7.89. The van der Waals surface area contributed by atoms with Crippen molar-refractivity contribution in [3.05, 3.63) is 0 Å². The molecule has 2 unspecified atom stereocenters. The molecule has 1 heterocycles. The Morgan fingerprint density at radius 1 is 1.53 bits per heavy atom. The second-order valence-corrected chi connectivity index (χ2v) is 6.50. The van der Waals surface area contributed by atoms with Crippen molar-refractivity contribution in [2.45, 2.75) is 26.7 Å². The Bertz CT molecular complexity index is 289. The number of nitrogens with zero attached hydrogens (tertiary/aromatic N) is 1. The van der Waals surface area contributed by atoms with Crippen LogP contribution in [0.15, 0.2) is 0 Å². The lowest BCUT2D eigenvalue weighted by Gasteiger charge is -2.21. The molecule has 1 fully saturated rings. The fourth-order valence-corrected chi connectivity index (χ4v) is 4.02. The van der Waals surface area contributed by atoms with Crippen LogP contribution in [0.1, 0.15) is 26.7 Å². The van der Waals surface area contributed by atoms with Gasteiger partial charge in [0.2, 0.25) is 10.0 Å². The lowest BCUT2D eigenvalue weighted by Crippen LogP contribution is -2.31. The summed E-state index contributed by atoms with van der Waals surface area (Å²) in [6, 6.07) is 0. The first-order chi connectivity index (χ1) is 6.99. The zero-order valence-corrected chi connectivity index (χ0v) is 10.3. The third-order valence-corrected chi connectivity index (χ3v) is 5.06. The minimum atomic E-state index is -3.01. The normalized spacial score (nSPS) is 28.1. The Morgan fingerprint density at radius 2 is 2.20 bits per heavy atom. The van der Waals surface area contributed by atoms with Crippen molar-refractivity contribution in [2.24, 2.45) is 11.8 Å². The molecule has 0 aromatic heterocycles. The Balaban J connectivity index is 2.57. The van der Waals surface area contributed by atoms with E-state index in [-0.39, 0.29) is 24.2 Å². The molecule has 4 nitrogen and oxygen atoms in total. The Morgan fingerprint density at radius 3 is 2.60 bits per heavy atom. The topological polar surface area (TPSA) is 57.6 Å². The van der Waals surface area contributed by atoms with Crippen LogP contribution in [-0.4, -0.2) is 43.3 Å². The smallest absolute Gasteiger partial charge is 0.214 e. The summed E-state index contributed by atoms with van der Waals surface area (Å²) >= 11 is 0. The van der Waals surface area contributed by atoms with Crippen molar-refractivity contribution >= 4 is 10.0 Å². The van der Waals surface area contributed by atoms with Gasteiger partial charge in [-0.05, 0) is 18.3 Å². The molecule has 0 aromatic carbocycles. The number of aliphatic hydroxyl groups is 1. The molecule has 1 saturated heterocycles. The number of aliphatic hydroxyl groups excluding tert-OH is 1. The van der Waals surface area contributed by atoms with Crippen LogP contribution in [0.2, 0.25) is 0 Å². The van der Waals surface area contributed by atoms with Gasteiger partial charge in [-0.25, -0.2) is 12.7 Å². The summed E-state index contributed by atoms with van der Waals surface area (Å²) in [6.07, 6.45) is 1.61. The SMILES string of the molecule is CCC(CCO)CN1CC(C)CS1(=O)=O. The summed E-state index contributed by atoms with van der Waals surface area (Å²) in [6.45, 7) is 5.35. The van der Waals surface area contributed by atoms with Crippen molar-refractivity contribution in [1.82, 2.24) is 4.31 Å². The van der Waals surface area contributed by atoms with E-state index in [9.17, 15) is 8.42 Å². The molecular weight excluding hydrogens is 214 g/mol. The third-order valence-electron chi connectivity index (χ3n) is 2.98. The van der Waals surface area contributed by atoms with Gasteiger partial charge < -0.3 is 5.11 Å².